The Morgan fingerprint density at radius 1 is 1.25 bits per heavy atom. The second-order valence-electron chi connectivity index (χ2n) is 10.9. The Hall–Kier alpha value is -0.633. The fourth-order valence-electron chi connectivity index (χ4n) is 3.12. The van der Waals surface area contributed by atoms with Crippen molar-refractivity contribution in [2.45, 2.75) is 104 Å². The third-order valence-corrected chi connectivity index (χ3v) is 10.3. The maximum atomic E-state index is 12.8. The first kappa shape index (κ1) is 25.4. The van der Waals surface area contributed by atoms with Gasteiger partial charge in [0.15, 0.2) is 8.32 Å². The fourth-order valence-corrected chi connectivity index (χ4v) is 4.20. The zero-order valence-electron chi connectivity index (χ0n) is 19.7. The van der Waals surface area contributed by atoms with Crippen LogP contribution in [-0.4, -0.2) is 61.6 Å². The minimum absolute atomic E-state index is 0.0931. The molecule has 0 aliphatic carbocycles. The van der Waals surface area contributed by atoms with Gasteiger partial charge in [0.1, 0.15) is 11.3 Å². The summed E-state index contributed by atoms with van der Waals surface area (Å²) in [6, 6.07) is -0.0931. The topological polar surface area (TPSA) is 68.2 Å². The van der Waals surface area contributed by atoms with E-state index in [4.69, 9.17) is 13.9 Å². The van der Waals surface area contributed by atoms with Crippen molar-refractivity contribution in [2.75, 3.05) is 19.8 Å². The summed E-state index contributed by atoms with van der Waals surface area (Å²) in [5.74, 6) is 0.159. The van der Waals surface area contributed by atoms with Crippen LogP contribution in [0.15, 0.2) is 0 Å². The number of ether oxygens (including phenoxy) is 2. The van der Waals surface area contributed by atoms with Crippen molar-refractivity contribution in [3.63, 3.8) is 0 Å². The Balaban J connectivity index is 2.88. The molecule has 166 valence electrons. The normalized spacial score (nSPS) is 21.7. The number of amides is 1. The van der Waals surface area contributed by atoms with Crippen LogP contribution in [-0.2, 0) is 13.9 Å². The smallest absolute Gasteiger partial charge is 0.412 e. The first-order chi connectivity index (χ1) is 12.5. The van der Waals surface area contributed by atoms with Gasteiger partial charge in [-0.1, -0.05) is 20.8 Å². The molecule has 2 unspecified atom stereocenters. The molecule has 1 fully saturated rings. The standard InChI is InChI=1S/C21H43NO5Si/c1-19(2,3)27-18(24)22-17(15-25-21(22,7)8)13-16(11-12-23)14-26-28(9,10)20(4,5)6/h16-17,23H,11-15H2,1-10H3. The quantitative estimate of drug-likeness (QED) is 0.604. The van der Waals surface area contributed by atoms with E-state index in [1.807, 2.05) is 34.6 Å². The molecule has 1 saturated heterocycles. The van der Waals surface area contributed by atoms with Crippen molar-refractivity contribution >= 4 is 14.4 Å². The van der Waals surface area contributed by atoms with Crippen LogP contribution < -0.4 is 0 Å². The molecule has 1 aliphatic heterocycles. The molecule has 28 heavy (non-hydrogen) atoms. The number of hydrogen-bond acceptors (Lipinski definition) is 5. The predicted molar refractivity (Wildman–Crippen MR) is 115 cm³/mol. The molecule has 1 rings (SSSR count). The lowest BCUT2D eigenvalue weighted by atomic mass is 9.97. The Bertz CT molecular complexity index is 522. The van der Waals surface area contributed by atoms with E-state index in [-0.39, 0.29) is 29.7 Å². The Morgan fingerprint density at radius 3 is 2.29 bits per heavy atom. The molecule has 0 saturated carbocycles. The molecule has 0 bridgehead atoms. The number of aliphatic hydroxyl groups is 1. The van der Waals surface area contributed by atoms with Crippen LogP contribution >= 0.6 is 0 Å². The minimum atomic E-state index is -1.87. The van der Waals surface area contributed by atoms with Gasteiger partial charge in [-0.05, 0) is 71.5 Å². The summed E-state index contributed by atoms with van der Waals surface area (Å²) in [6.45, 7) is 21.7. The first-order valence-corrected chi connectivity index (χ1v) is 13.3. The highest BCUT2D eigenvalue weighted by Crippen LogP contribution is 2.38. The number of nitrogens with zero attached hydrogens (tertiary/aromatic N) is 1. The third kappa shape index (κ3) is 7.01. The summed E-state index contributed by atoms with van der Waals surface area (Å²) in [5, 5.41) is 9.69. The number of aliphatic hydroxyl groups excluding tert-OH is 1. The van der Waals surface area contributed by atoms with E-state index in [2.05, 4.69) is 33.9 Å². The van der Waals surface area contributed by atoms with E-state index in [9.17, 15) is 9.90 Å². The highest BCUT2D eigenvalue weighted by atomic mass is 28.4. The van der Waals surface area contributed by atoms with Gasteiger partial charge in [-0.3, -0.25) is 4.90 Å². The SMILES string of the molecule is CC(C)(C)OC(=O)N1C(CC(CCO)CO[Si](C)(C)C(C)(C)C)COC1(C)C. The summed E-state index contributed by atoms with van der Waals surface area (Å²) in [5.41, 5.74) is -1.27. The zero-order chi connectivity index (χ0) is 22.0. The van der Waals surface area contributed by atoms with Crippen molar-refractivity contribution in [2.24, 2.45) is 5.92 Å². The maximum Gasteiger partial charge on any atom is 0.412 e. The van der Waals surface area contributed by atoms with Crippen LogP contribution in [0.3, 0.4) is 0 Å². The van der Waals surface area contributed by atoms with E-state index < -0.39 is 19.6 Å². The third-order valence-electron chi connectivity index (χ3n) is 5.79. The van der Waals surface area contributed by atoms with E-state index >= 15 is 0 Å². The highest BCUT2D eigenvalue weighted by Gasteiger charge is 2.46. The zero-order valence-corrected chi connectivity index (χ0v) is 20.7. The summed E-state index contributed by atoms with van der Waals surface area (Å²) in [7, 11) is -1.87. The number of carbonyl (C=O) groups excluding carboxylic acids is 1. The molecule has 0 aromatic rings. The molecule has 1 N–H and O–H groups in total. The first-order valence-electron chi connectivity index (χ1n) is 10.4. The van der Waals surface area contributed by atoms with E-state index in [1.165, 1.54) is 0 Å². The lowest BCUT2D eigenvalue weighted by molar-refractivity contribution is -0.0633. The molecular formula is C21H43NO5Si. The molecule has 0 aromatic carbocycles. The lowest BCUT2D eigenvalue weighted by Crippen LogP contribution is -2.50. The molecular weight excluding hydrogens is 374 g/mol. The van der Waals surface area contributed by atoms with E-state index in [1.54, 1.807) is 4.90 Å². The van der Waals surface area contributed by atoms with Gasteiger partial charge in [-0.2, -0.15) is 0 Å². The second-order valence-corrected chi connectivity index (χ2v) is 15.8. The molecule has 1 aliphatic rings. The van der Waals surface area contributed by atoms with Crippen LogP contribution in [0.25, 0.3) is 0 Å². The van der Waals surface area contributed by atoms with Gasteiger partial charge in [-0.25, -0.2) is 4.79 Å². The van der Waals surface area contributed by atoms with Crippen molar-refractivity contribution < 1.29 is 23.8 Å². The van der Waals surface area contributed by atoms with E-state index in [0.29, 0.717) is 19.6 Å². The highest BCUT2D eigenvalue weighted by molar-refractivity contribution is 6.74. The largest absolute Gasteiger partial charge is 0.444 e. The van der Waals surface area contributed by atoms with E-state index in [0.717, 1.165) is 6.42 Å². The molecule has 0 radical (unpaired) electrons. The van der Waals surface area contributed by atoms with Crippen LogP contribution in [0.1, 0.15) is 68.2 Å². The Labute approximate surface area is 173 Å². The van der Waals surface area contributed by atoms with Gasteiger partial charge < -0.3 is 19.0 Å². The van der Waals surface area contributed by atoms with Crippen LogP contribution in [0.2, 0.25) is 18.1 Å². The molecule has 7 heteroatoms. The number of rotatable bonds is 7. The summed E-state index contributed by atoms with van der Waals surface area (Å²) in [4.78, 5) is 14.5. The van der Waals surface area contributed by atoms with Crippen LogP contribution in [0.5, 0.6) is 0 Å². The van der Waals surface area contributed by atoms with Gasteiger partial charge in [0, 0.05) is 13.2 Å². The molecule has 0 aromatic heterocycles. The van der Waals surface area contributed by atoms with Crippen molar-refractivity contribution in [1.82, 2.24) is 4.90 Å². The van der Waals surface area contributed by atoms with Crippen molar-refractivity contribution in [3.05, 3.63) is 0 Å². The van der Waals surface area contributed by atoms with Gasteiger partial charge in [0.2, 0.25) is 0 Å². The molecule has 2 atom stereocenters. The predicted octanol–water partition coefficient (Wildman–Crippen LogP) is 4.77. The maximum absolute atomic E-state index is 12.8. The summed E-state index contributed by atoms with van der Waals surface area (Å²) < 4.78 is 17.9. The molecule has 1 heterocycles. The fraction of sp³-hybridized carbons (Fsp3) is 0.952. The Kier molecular flexibility index (Phi) is 8.18. The van der Waals surface area contributed by atoms with Gasteiger partial charge >= 0.3 is 6.09 Å². The average Bonchev–Trinajstić information content (AvgIpc) is 2.77. The van der Waals surface area contributed by atoms with Gasteiger partial charge in [0.25, 0.3) is 0 Å². The van der Waals surface area contributed by atoms with Crippen molar-refractivity contribution in [1.29, 1.82) is 0 Å². The minimum Gasteiger partial charge on any atom is -0.444 e. The summed E-state index contributed by atoms with van der Waals surface area (Å²) >= 11 is 0. The van der Waals surface area contributed by atoms with Gasteiger partial charge in [-0.15, -0.1) is 0 Å². The van der Waals surface area contributed by atoms with Crippen molar-refractivity contribution in [3.8, 4) is 0 Å². The molecule has 0 spiro atoms. The monoisotopic (exact) mass is 417 g/mol. The molecule has 1 amide bonds. The Morgan fingerprint density at radius 2 is 1.82 bits per heavy atom. The van der Waals surface area contributed by atoms with Gasteiger partial charge in [0.05, 0.1) is 12.6 Å². The van der Waals surface area contributed by atoms with Crippen LogP contribution in [0, 0.1) is 5.92 Å². The molecule has 6 nitrogen and oxygen atoms in total. The summed E-state index contributed by atoms with van der Waals surface area (Å²) in [6.07, 6.45) is 1.01. The number of hydrogen-bond donors (Lipinski definition) is 1. The lowest BCUT2D eigenvalue weighted by Gasteiger charge is -2.38. The van der Waals surface area contributed by atoms with Crippen LogP contribution in [0.4, 0.5) is 4.79 Å². The average molecular weight is 418 g/mol. The number of carbonyl (C=O) groups is 1. The second kappa shape index (κ2) is 9.02.